The zero-order chi connectivity index (χ0) is 13.8. The Morgan fingerprint density at radius 3 is 2.89 bits per heavy atom. The largest absolute Gasteiger partial charge is 0.465 e. The van der Waals surface area contributed by atoms with Crippen LogP contribution in [0.3, 0.4) is 0 Å². The quantitative estimate of drug-likeness (QED) is 0.838. The van der Waals surface area contributed by atoms with Gasteiger partial charge in [0.25, 0.3) is 0 Å². The highest BCUT2D eigenvalue weighted by Gasteiger charge is 2.23. The minimum atomic E-state index is 0.234. The molecular weight excluding hydrogens is 240 g/mol. The van der Waals surface area contributed by atoms with E-state index in [0.717, 1.165) is 30.9 Å². The van der Waals surface area contributed by atoms with Gasteiger partial charge in [0.05, 0.1) is 13.1 Å². The Bertz CT molecular complexity index is 428. The van der Waals surface area contributed by atoms with Crippen LogP contribution in [-0.4, -0.2) is 41.9 Å². The molecule has 2 rings (SSSR count). The molecule has 0 N–H and O–H groups in total. The number of likely N-dealkylation sites (tertiary alicyclic amines) is 1. The first-order valence-corrected chi connectivity index (χ1v) is 7.09. The van der Waals surface area contributed by atoms with Crippen LogP contribution in [0.1, 0.15) is 37.7 Å². The number of rotatable bonds is 4. The first-order valence-electron chi connectivity index (χ1n) is 7.09. The normalized spacial score (nSPS) is 20.0. The number of carbonyl (C=O) groups is 1. The van der Waals surface area contributed by atoms with Gasteiger partial charge in [-0.05, 0) is 52.3 Å². The van der Waals surface area contributed by atoms with E-state index < -0.39 is 0 Å². The van der Waals surface area contributed by atoms with Crippen molar-refractivity contribution in [2.24, 2.45) is 0 Å². The van der Waals surface area contributed by atoms with E-state index >= 15 is 0 Å². The van der Waals surface area contributed by atoms with Crippen molar-refractivity contribution in [3.8, 4) is 0 Å². The maximum Gasteiger partial charge on any atom is 0.236 e. The maximum absolute atomic E-state index is 12.3. The van der Waals surface area contributed by atoms with Gasteiger partial charge in [-0.3, -0.25) is 9.69 Å². The zero-order valence-corrected chi connectivity index (χ0v) is 12.2. The molecule has 0 bridgehead atoms. The average molecular weight is 264 g/mol. The van der Waals surface area contributed by atoms with Crippen LogP contribution in [0, 0.1) is 6.92 Å². The van der Waals surface area contributed by atoms with E-state index in [1.165, 1.54) is 6.42 Å². The molecule has 1 saturated heterocycles. The second-order valence-electron chi connectivity index (χ2n) is 5.62. The first-order chi connectivity index (χ1) is 9.06. The van der Waals surface area contributed by atoms with Gasteiger partial charge in [-0.25, -0.2) is 0 Å². The molecule has 1 fully saturated rings. The van der Waals surface area contributed by atoms with Crippen LogP contribution in [0.4, 0.5) is 0 Å². The third kappa shape index (κ3) is 3.83. The monoisotopic (exact) mass is 264 g/mol. The summed E-state index contributed by atoms with van der Waals surface area (Å²) in [5.74, 6) is 2.07. The van der Waals surface area contributed by atoms with E-state index in [9.17, 15) is 4.79 Å². The van der Waals surface area contributed by atoms with Crippen molar-refractivity contribution in [2.75, 3.05) is 20.1 Å². The molecule has 1 aliphatic rings. The third-order valence-corrected chi connectivity index (χ3v) is 3.75. The van der Waals surface area contributed by atoms with Crippen LogP contribution >= 0.6 is 0 Å². The molecule has 1 aliphatic heterocycles. The van der Waals surface area contributed by atoms with Crippen LogP contribution in [0.15, 0.2) is 16.5 Å². The average Bonchev–Trinajstić information content (AvgIpc) is 2.74. The minimum absolute atomic E-state index is 0.234. The third-order valence-electron chi connectivity index (χ3n) is 3.75. The molecule has 2 heterocycles. The molecule has 0 radical (unpaired) electrons. The predicted octanol–water partition coefficient (Wildman–Crippen LogP) is 2.42. The van der Waals surface area contributed by atoms with Gasteiger partial charge in [0.15, 0.2) is 0 Å². The zero-order valence-electron chi connectivity index (χ0n) is 12.2. The number of nitrogens with zero attached hydrogens (tertiary/aromatic N) is 2. The smallest absolute Gasteiger partial charge is 0.236 e. The van der Waals surface area contributed by atoms with Crippen molar-refractivity contribution in [3.63, 3.8) is 0 Å². The Morgan fingerprint density at radius 2 is 2.26 bits per heavy atom. The molecule has 0 spiro atoms. The van der Waals surface area contributed by atoms with Gasteiger partial charge in [0, 0.05) is 12.6 Å². The SMILES string of the molecule is Cc1ccc(CN(C)CC(=O)N2CCCCC2C)o1. The summed E-state index contributed by atoms with van der Waals surface area (Å²) in [6.07, 6.45) is 3.51. The number of aryl methyl sites for hydroxylation is 1. The Labute approximate surface area is 115 Å². The van der Waals surface area contributed by atoms with Gasteiger partial charge in [0.2, 0.25) is 5.91 Å². The summed E-state index contributed by atoms with van der Waals surface area (Å²) in [4.78, 5) is 16.3. The Morgan fingerprint density at radius 1 is 1.47 bits per heavy atom. The standard InChI is InChI=1S/C15H24N2O2/c1-12-6-4-5-9-17(12)15(18)11-16(3)10-14-8-7-13(2)19-14/h7-8,12H,4-6,9-11H2,1-3H3. The molecule has 0 aromatic carbocycles. The maximum atomic E-state index is 12.3. The highest BCUT2D eigenvalue weighted by atomic mass is 16.3. The molecule has 1 amide bonds. The Balaban J connectivity index is 1.84. The molecule has 106 valence electrons. The van der Waals surface area contributed by atoms with Crippen LogP contribution in [-0.2, 0) is 11.3 Å². The molecule has 1 unspecified atom stereocenters. The number of likely N-dealkylation sites (N-methyl/N-ethyl adjacent to an activating group) is 1. The van der Waals surface area contributed by atoms with Gasteiger partial charge in [-0.2, -0.15) is 0 Å². The van der Waals surface area contributed by atoms with E-state index in [1.807, 2.05) is 35.9 Å². The number of furan rings is 1. The molecule has 4 heteroatoms. The van der Waals surface area contributed by atoms with Crippen molar-refractivity contribution < 1.29 is 9.21 Å². The highest BCUT2D eigenvalue weighted by Crippen LogP contribution is 2.17. The van der Waals surface area contributed by atoms with E-state index in [-0.39, 0.29) is 5.91 Å². The summed E-state index contributed by atoms with van der Waals surface area (Å²) in [7, 11) is 1.96. The number of hydrogen-bond acceptors (Lipinski definition) is 3. The lowest BCUT2D eigenvalue weighted by atomic mass is 10.0. The number of piperidine rings is 1. The van der Waals surface area contributed by atoms with Crippen LogP contribution < -0.4 is 0 Å². The lowest BCUT2D eigenvalue weighted by Gasteiger charge is -2.34. The minimum Gasteiger partial charge on any atom is -0.465 e. The highest BCUT2D eigenvalue weighted by molar-refractivity contribution is 5.78. The first kappa shape index (κ1) is 14.1. The Hall–Kier alpha value is -1.29. The van der Waals surface area contributed by atoms with Gasteiger partial charge < -0.3 is 9.32 Å². The van der Waals surface area contributed by atoms with Crippen molar-refractivity contribution in [3.05, 3.63) is 23.7 Å². The molecule has 4 nitrogen and oxygen atoms in total. The fraction of sp³-hybridized carbons (Fsp3) is 0.667. The second kappa shape index (κ2) is 6.24. The van der Waals surface area contributed by atoms with Crippen LogP contribution in [0.25, 0.3) is 0 Å². The van der Waals surface area contributed by atoms with Gasteiger partial charge in [0.1, 0.15) is 11.5 Å². The molecule has 1 aromatic heterocycles. The summed E-state index contributed by atoms with van der Waals surface area (Å²) in [6.45, 7) is 6.14. The summed E-state index contributed by atoms with van der Waals surface area (Å²) in [5, 5.41) is 0. The molecule has 0 saturated carbocycles. The van der Waals surface area contributed by atoms with Crippen molar-refractivity contribution >= 4 is 5.91 Å². The molecular formula is C15H24N2O2. The predicted molar refractivity (Wildman–Crippen MR) is 74.8 cm³/mol. The van der Waals surface area contributed by atoms with E-state index in [2.05, 4.69) is 6.92 Å². The molecule has 19 heavy (non-hydrogen) atoms. The van der Waals surface area contributed by atoms with Crippen LogP contribution in [0.5, 0.6) is 0 Å². The van der Waals surface area contributed by atoms with Crippen molar-refractivity contribution in [1.29, 1.82) is 0 Å². The Kier molecular flexibility index (Phi) is 4.64. The van der Waals surface area contributed by atoms with Gasteiger partial charge in [-0.15, -0.1) is 0 Å². The summed E-state index contributed by atoms with van der Waals surface area (Å²) < 4.78 is 5.54. The number of amides is 1. The molecule has 1 atom stereocenters. The van der Waals surface area contributed by atoms with E-state index in [4.69, 9.17) is 4.42 Å². The number of hydrogen-bond donors (Lipinski definition) is 0. The van der Waals surface area contributed by atoms with Gasteiger partial charge in [-0.1, -0.05) is 0 Å². The molecule has 1 aromatic rings. The van der Waals surface area contributed by atoms with Crippen molar-refractivity contribution in [1.82, 2.24) is 9.80 Å². The van der Waals surface area contributed by atoms with E-state index in [1.54, 1.807) is 0 Å². The van der Waals surface area contributed by atoms with Gasteiger partial charge >= 0.3 is 0 Å². The lowest BCUT2D eigenvalue weighted by molar-refractivity contribution is -0.135. The topological polar surface area (TPSA) is 36.7 Å². The number of carbonyl (C=O) groups excluding carboxylic acids is 1. The molecule has 0 aliphatic carbocycles. The summed E-state index contributed by atoms with van der Waals surface area (Å²) in [5.41, 5.74) is 0. The summed E-state index contributed by atoms with van der Waals surface area (Å²) >= 11 is 0. The summed E-state index contributed by atoms with van der Waals surface area (Å²) in [6, 6.07) is 4.32. The second-order valence-corrected chi connectivity index (χ2v) is 5.62. The lowest BCUT2D eigenvalue weighted by Crippen LogP contribution is -2.46. The van der Waals surface area contributed by atoms with Crippen molar-refractivity contribution in [2.45, 2.75) is 45.7 Å². The fourth-order valence-corrected chi connectivity index (χ4v) is 2.68. The van der Waals surface area contributed by atoms with Crippen LogP contribution in [0.2, 0.25) is 0 Å². The van der Waals surface area contributed by atoms with E-state index in [0.29, 0.717) is 19.1 Å². The fourth-order valence-electron chi connectivity index (χ4n) is 2.68.